The molecule has 2 atom stereocenters. The highest BCUT2D eigenvalue weighted by molar-refractivity contribution is 9.10. The summed E-state index contributed by atoms with van der Waals surface area (Å²) in [5, 5.41) is 17.3. The second-order valence-electron chi connectivity index (χ2n) is 7.10. The Morgan fingerprint density at radius 2 is 1.93 bits per heavy atom. The number of fused-ring (bicyclic) bond motifs is 3. The van der Waals surface area contributed by atoms with Crippen molar-refractivity contribution in [3.8, 4) is 11.5 Å². The van der Waals surface area contributed by atoms with E-state index < -0.39 is 0 Å². The molecule has 3 aromatic rings. The molecule has 0 aliphatic carbocycles. The predicted octanol–water partition coefficient (Wildman–Crippen LogP) is 5.10. The molecule has 1 aromatic heterocycles. The van der Waals surface area contributed by atoms with Gasteiger partial charge in [0.05, 0.1) is 11.8 Å². The average Bonchev–Trinajstić information content (AvgIpc) is 3.15. The second kappa shape index (κ2) is 6.63. The van der Waals surface area contributed by atoms with Gasteiger partial charge in [-0.2, -0.15) is 5.10 Å². The summed E-state index contributed by atoms with van der Waals surface area (Å²) in [6.07, 6.45) is 3.88. The second-order valence-corrected chi connectivity index (χ2v) is 8.02. The number of hydrazone groups is 1. The van der Waals surface area contributed by atoms with E-state index in [0.717, 1.165) is 38.2 Å². The van der Waals surface area contributed by atoms with Gasteiger partial charge in [-0.25, -0.2) is 5.01 Å². The van der Waals surface area contributed by atoms with Crippen molar-refractivity contribution in [1.29, 1.82) is 0 Å². The summed E-state index contributed by atoms with van der Waals surface area (Å²) in [6.45, 7) is 2.01. The van der Waals surface area contributed by atoms with E-state index in [1.54, 1.807) is 18.5 Å². The Hall–Kier alpha value is -2.86. The maximum Gasteiger partial charge on any atom is 0.213 e. The van der Waals surface area contributed by atoms with E-state index in [2.05, 4.69) is 27.0 Å². The molecule has 0 saturated carbocycles. The van der Waals surface area contributed by atoms with Gasteiger partial charge < -0.3 is 9.84 Å². The molecule has 3 heterocycles. The number of hydrogen-bond donors (Lipinski definition) is 1. The quantitative estimate of drug-likeness (QED) is 0.608. The van der Waals surface area contributed by atoms with Gasteiger partial charge in [0.1, 0.15) is 11.5 Å². The van der Waals surface area contributed by atoms with Crippen LogP contribution in [0.4, 0.5) is 0 Å². The minimum Gasteiger partial charge on any atom is -0.507 e. The van der Waals surface area contributed by atoms with Crippen LogP contribution in [0, 0.1) is 6.92 Å². The van der Waals surface area contributed by atoms with Crippen LogP contribution in [0.5, 0.6) is 11.5 Å². The van der Waals surface area contributed by atoms with Crippen molar-refractivity contribution in [2.24, 2.45) is 5.10 Å². The van der Waals surface area contributed by atoms with Gasteiger partial charge in [-0.3, -0.25) is 4.98 Å². The smallest absolute Gasteiger partial charge is 0.213 e. The van der Waals surface area contributed by atoms with Gasteiger partial charge in [-0.15, -0.1) is 0 Å². The van der Waals surface area contributed by atoms with Crippen LogP contribution in [0.3, 0.4) is 0 Å². The fourth-order valence-corrected chi connectivity index (χ4v) is 4.23. The fraction of sp³-hybridized carbons (Fsp3) is 0.182. The first-order valence-corrected chi connectivity index (χ1v) is 9.91. The van der Waals surface area contributed by atoms with Gasteiger partial charge >= 0.3 is 0 Å². The molecule has 28 heavy (non-hydrogen) atoms. The third kappa shape index (κ3) is 2.85. The number of rotatable bonds is 2. The van der Waals surface area contributed by atoms with Gasteiger partial charge in [-0.05, 0) is 49.4 Å². The highest BCUT2D eigenvalue weighted by Gasteiger charge is 2.41. The van der Waals surface area contributed by atoms with Crippen molar-refractivity contribution in [3.05, 3.63) is 87.7 Å². The molecule has 5 nitrogen and oxygen atoms in total. The van der Waals surface area contributed by atoms with Crippen LogP contribution < -0.4 is 4.74 Å². The highest BCUT2D eigenvalue weighted by Crippen LogP contribution is 2.48. The molecule has 0 radical (unpaired) electrons. The van der Waals surface area contributed by atoms with Crippen LogP contribution in [-0.4, -0.2) is 20.8 Å². The Labute approximate surface area is 171 Å². The Balaban J connectivity index is 1.63. The number of aromatic hydroxyl groups is 1. The number of nitrogens with zero attached hydrogens (tertiary/aromatic N) is 3. The van der Waals surface area contributed by atoms with Crippen LogP contribution in [0.25, 0.3) is 0 Å². The molecule has 2 aliphatic heterocycles. The molecule has 2 aromatic carbocycles. The highest BCUT2D eigenvalue weighted by atomic mass is 79.9. The third-order valence-corrected chi connectivity index (χ3v) is 5.70. The number of halogens is 1. The van der Waals surface area contributed by atoms with Crippen LogP contribution in [0.2, 0.25) is 0 Å². The Bertz CT molecular complexity index is 1080. The lowest BCUT2D eigenvalue weighted by Crippen LogP contribution is -2.33. The summed E-state index contributed by atoms with van der Waals surface area (Å²) in [5.41, 5.74) is 4.81. The molecule has 0 bridgehead atoms. The first-order valence-electron chi connectivity index (χ1n) is 9.12. The van der Waals surface area contributed by atoms with E-state index in [1.807, 2.05) is 48.3 Å². The lowest BCUT2D eigenvalue weighted by atomic mass is 9.95. The van der Waals surface area contributed by atoms with E-state index >= 15 is 0 Å². The summed E-state index contributed by atoms with van der Waals surface area (Å²) in [6, 6.07) is 15.6. The average molecular weight is 436 g/mol. The SMILES string of the molecule is Cc1ccc(O)c(C2=NN3[C@H](C2)c2cc(Br)ccc2O[C@H]3c2ccncc2)c1. The Kier molecular flexibility index (Phi) is 4.09. The zero-order valence-electron chi connectivity index (χ0n) is 15.2. The van der Waals surface area contributed by atoms with Crippen molar-refractivity contribution >= 4 is 21.6 Å². The normalized spacial score (nSPS) is 20.2. The predicted molar refractivity (Wildman–Crippen MR) is 110 cm³/mol. The van der Waals surface area contributed by atoms with E-state index in [4.69, 9.17) is 9.84 Å². The summed E-state index contributed by atoms with van der Waals surface area (Å²) in [5.74, 6) is 1.11. The first kappa shape index (κ1) is 17.3. The van der Waals surface area contributed by atoms with Gasteiger partial charge in [0.25, 0.3) is 0 Å². The fourth-order valence-electron chi connectivity index (χ4n) is 3.85. The molecule has 0 amide bonds. The minimum atomic E-state index is -0.342. The van der Waals surface area contributed by atoms with Crippen LogP contribution in [0.1, 0.15) is 40.9 Å². The van der Waals surface area contributed by atoms with E-state index in [1.165, 1.54) is 0 Å². The number of phenolic OH excluding ortho intramolecular Hbond substituents is 1. The number of phenols is 1. The van der Waals surface area contributed by atoms with Crippen molar-refractivity contribution < 1.29 is 9.84 Å². The monoisotopic (exact) mass is 435 g/mol. The Morgan fingerprint density at radius 3 is 2.75 bits per heavy atom. The number of hydrogen-bond acceptors (Lipinski definition) is 5. The summed E-state index contributed by atoms with van der Waals surface area (Å²) in [7, 11) is 0. The number of ether oxygens (including phenoxy) is 1. The molecular formula is C22H18BrN3O2. The van der Waals surface area contributed by atoms with Gasteiger partial charge in [-0.1, -0.05) is 27.6 Å². The Morgan fingerprint density at radius 1 is 1.11 bits per heavy atom. The third-order valence-electron chi connectivity index (χ3n) is 5.21. The van der Waals surface area contributed by atoms with Crippen LogP contribution in [0.15, 0.2) is 70.5 Å². The molecule has 2 aliphatic rings. The topological polar surface area (TPSA) is 58.0 Å². The molecule has 5 rings (SSSR count). The van der Waals surface area contributed by atoms with Crippen molar-refractivity contribution in [3.63, 3.8) is 0 Å². The molecule has 0 unspecified atom stereocenters. The van der Waals surface area contributed by atoms with E-state index in [0.29, 0.717) is 6.42 Å². The molecular weight excluding hydrogens is 418 g/mol. The van der Waals surface area contributed by atoms with Gasteiger partial charge in [0, 0.05) is 40.0 Å². The molecule has 1 N–H and O–H groups in total. The van der Waals surface area contributed by atoms with Crippen molar-refractivity contribution in [2.75, 3.05) is 0 Å². The molecule has 6 heteroatoms. The maximum absolute atomic E-state index is 10.4. The summed E-state index contributed by atoms with van der Waals surface area (Å²) < 4.78 is 7.34. The standard InChI is InChI=1S/C22H18BrN3O2/c1-13-2-4-20(27)16(10-13)18-12-19-17-11-15(23)3-5-21(17)28-22(26(19)25-18)14-6-8-24-9-7-14/h2-11,19,22,27H,12H2,1H3/t19-,22+/m1/s1. The number of aryl methyl sites for hydroxylation is 1. The zero-order chi connectivity index (χ0) is 19.3. The molecule has 140 valence electrons. The first-order chi connectivity index (χ1) is 13.6. The lowest BCUT2D eigenvalue weighted by molar-refractivity contribution is -0.0191. The summed E-state index contributed by atoms with van der Waals surface area (Å²) >= 11 is 3.57. The minimum absolute atomic E-state index is 0.0364. The lowest BCUT2D eigenvalue weighted by Gasteiger charge is -2.38. The van der Waals surface area contributed by atoms with E-state index in [9.17, 15) is 5.11 Å². The molecule has 0 saturated heterocycles. The van der Waals surface area contributed by atoms with E-state index in [-0.39, 0.29) is 18.0 Å². The number of pyridine rings is 1. The van der Waals surface area contributed by atoms with Crippen LogP contribution >= 0.6 is 15.9 Å². The number of benzene rings is 2. The van der Waals surface area contributed by atoms with Gasteiger partial charge in [0.15, 0.2) is 0 Å². The van der Waals surface area contributed by atoms with Crippen molar-refractivity contribution in [1.82, 2.24) is 9.99 Å². The van der Waals surface area contributed by atoms with Crippen LogP contribution in [-0.2, 0) is 0 Å². The zero-order valence-corrected chi connectivity index (χ0v) is 16.8. The maximum atomic E-state index is 10.4. The largest absolute Gasteiger partial charge is 0.507 e. The summed E-state index contributed by atoms with van der Waals surface area (Å²) in [4.78, 5) is 4.12. The number of aromatic nitrogens is 1. The van der Waals surface area contributed by atoms with Crippen molar-refractivity contribution in [2.45, 2.75) is 25.6 Å². The molecule has 0 spiro atoms. The molecule has 0 fully saturated rings. The van der Waals surface area contributed by atoms with Gasteiger partial charge in [0.2, 0.25) is 6.23 Å².